The van der Waals surface area contributed by atoms with Gasteiger partial charge in [-0.3, -0.25) is 0 Å². The largest absolute Gasteiger partial charge is 0.350 e. The molecule has 0 aliphatic carbocycles. The Labute approximate surface area is 79.4 Å². The summed E-state index contributed by atoms with van der Waals surface area (Å²) in [5.74, 6) is 0. The Balaban J connectivity index is 1.80. The fourth-order valence-electron chi connectivity index (χ4n) is 1.47. The normalized spacial score (nSPS) is 17.8. The summed E-state index contributed by atoms with van der Waals surface area (Å²) in [5, 5.41) is 0. The van der Waals surface area contributed by atoms with Gasteiger partial charge in [-0.05, 0) is 19.3 Å². The lowest BCUT2D eigenvalue weighted by Gasteiger charge is -2.07. The van der Waals surface area contributed by atoms with Crippen LogP contribution in [0.4, 0.5) is 0 Å². The molecule has 3 heteroatoms. The second-order valence-electron chi connectivity index (χ2n) is 3.33. The molecule has 0 aromatic rings. The van der Waals surface area contributed by atoms with Gasteiger partial charge in [0.05, 0.1) is 13.2 Å². The van der Waals surface area contributed by atoms with Crippen molar-refractivity contribution in [1.82, 2.24) is 0 Å². The standard InChI is InChI=1S/C10H18O3/c11-7-5-3-1-2-4-6-10-12-8-9-13-10/h7,10H,1-6,8-9H2. The maximum atomic E-state index is 10.0. The molecule has 0 N–H and O–H groups in total. The molecule has 1 aliphatic rings. The van der Waals surface area contributed by atoms with Crippen LogP contribution in [0.5, 0.6) is 0 Å². The van der Waals surface area contributed by atoms with E-state index in [0.29, 0.717) is 6.42 Å². The zero-order valence-corrected chi connectivity index (χ0v) is 8.04. The number of aldehydes is 1. The predicted molar refractivity (Wildman–Crippen MR) is 49.5 cm³/mol. The molecule has 0 aromatic carbocycles. The van der Waals surface area contributed by atoms with Crippen molar-refractivity contribution in [3.05, 3.63) is 0 Å². The van der Waals surface area contributed by atoms with E-state index in [2.05, 4.69) is 0 Å². The first-order valence-electron chi connectivity index (χ1n) is 5.10. The molecule has 0 aromatic heterocycles. The van der Waals surface area contributed by atoms with E-state index in [-0.39, 0.29) is 6.29 Å². The Morgan fingerprint density at radius 3 is 2.46 bits per heavy atom. The van der Waals surface area contributed by atoms with Gasteiger partial charge in [0.2, 0.25) is 0 Å². The van der Waals surface area contributed by atoms with Crippen LogP contribution in [-0.4, -0.2) is 25.8 Å². The molecule has 1 fully saturated rings. The van der Waals surface area contributed by atoms with E-state index >= 15 is 0 Å². The summed E-state index contributed by atoms with van der Waals surface area (Å²) in [6.07, 6.45) is 7.23. The molecule has 0 saturated carbocycles. The highest BCUT2D eigenvalue weighted by Gasteiger charge is 2.14. The van der Waals surface area contributed by atoms with Crippen LogP contribution in [0, 0.1) is 0 Å². The molecule has 0 bridgehead atoms. The molecule has 0 radical (unpaired) electrons. The van der Waals surface area contributed by atoms with E-state index in [1.54, 1.807) is 0 Å². The van der Waals surface area contributed by atoms with Gasteiger partial charge in [-0.15, -0.1) is 0 Å². The van der Waals surface area contributed by atoms with Gasteiger partial charge in [-0.2, -0.15) is 0 Å². The summed E-state index contributed by atoms with van der Waals surface area (Å²) in [6, 6.07) is 0. The van der Waals surface area contributed by atoms with Gasteiger partial charge in [0.25, 0.3) is 0 Å². The molecule has 0 amide bonds. The number of hydrogen-bond donors (Lipinski definition) is 0. The monoisotopic (exact) mass is 186 g/mol. The lowest BCUT2D eigenvalue weighted by molar-refractivity contribution is -0.107. The van der Waals surface area contributed by atoms with Crippen molar-refractivity contribution in [3.63, 3.8) is 0 Å². The van der Waals surface area contributed by atoms with Gasteiger partial charge in [-0.25, -0.2) is 0 Å². The van der Waals surface area contributed by atoms with Crippen molar-refractivity contribution in [1.29, 1.82) is 0 Å². The van der Waals surface area contributed by atoms with E-state index in [1.807, 2.05) is 0 Å². The minimum Gasteiger partial charge on any atom is -0.350 e. The van der Waals surface area contributed by atoms with Gasteiger partial charge in [0.15, 0.2) is 6.29 Å². The molecule has 13 heavy (non-hydrogen) atoms. The minimum absolute atomic E-state index is 0.0473. The van der Waals surface area contributed by atoms with Gasteiger partial charge >= 0.3 is 0 Å². The van der Waals surface area contributed by atoms with Crippen molar-refractivity contribution in [3.8, 4) is 0 Å². The average Bonchev–Trinajstić information content (AvgIpc) is 2.63. The van der Waals surface area contributed by atoms with Crippen LogP contribution in [0.15, 0.2) is 0 Å². The van der Waals surface area contributed by atoms with Crippen molar-refractivity contribution < 1.29 is 14.3 Å². The van der Waals surface area contributed by atoms with E-state index < -0.39 is 0 Å². The number of unbranched alkanes of at least 4 members (excludes halogenated alkanes) is 4. The number of rotatable bonds is 7. The van der Waals surface area contributed by atoms with Crippen LogP contribution in [0.1, 0.15) is 38.5 Å². The van der Waals surface area contributed by atoms with Gasteiger partial charge < -0.3 is 14.3 Å². The molecule has 1 heterocycles. The summed E-state index contributed by atoms with van der Waals surface area (Å²) in [4.78, 5) is 10.0. The molecule has 1 aliphatic heterocycles. The fraction of sp³-hybridized carbons (Fsp3) is 0.900. The van der Waals surface area contributed by atoms with Crippen LogP contribution in [0.2, 0.25) is 0 Å². The van der Waals surface area contributed by atoms with Gasteiger partial charge in [0.1, 0.15) is 6.29 Å². The Morgan fingerprint density at radius 1 is 1.08 bits per heavy atom. The Bertz CT molecular complexity index is 130. The highest BCUT2D eigenvalue weighted by atomic mass is 16.7. The quantitative estimate of drug-likeness (QED) is 0.450. The van der Waals surface area contributed by atoms with Crippen LogP contribution in [0.25, 0.3) is 0 Å². The second kappa shape index (κ2) is 7.04. The summed E-state index contributed by atoms with van der Waals surface area (Å²) < 4.78 is 10.6. The highest BCUT2D eigenvalue weighted by Crippen LogP contribution is 2.13. The summed E-state index contributed by atoms with van der Waals surface area (Å²) in [7, 11) is 0. The first kappa shape index (κ1) is 10.7. The number of carbonyl (C=O) groups is 1. The highest BCUT2D eigenvalue weighted by molar-refractivity contribution is 5.48. The second-order valence-corrected chi connectivity index (χ2v) is 3.33. The summed E-state index contributed by atoms with van der Waals surface area (Å²) >= 11 is 0. The average molecular weight is 186 g/mol. The number of hydrogen-bond acceptors (Lipinski definition) is 3. The fourth-order valence-corrected chi connectivity index (χ4v) is 1.47. The predicted octanol–water partition coefficient (Wildman–Crippen LogP) is 1.90. The number of carbonyl (C=O) groups excluding carboxylic acids is 1. The third kappa shape index (κ3) is 5.01. The third-order valence-electron chi connectivity index (χ3n) is 2.20. The lowest BCUT2D eigenvalue weighted by Crippen LogP contribution is -2.06. The van der Waals surface area contributed by atoms with Crippen LogP contribution in [-0.2, 0) is 14.3 Å². The first-order chi connectivity index (χ1) is 6.43. The van der Waals surface area contributed by atoms with E-state index in [0.717, 1.165) is 45.2 Å². The Kier molecular flexibility index (Phi) is 5.78. The van der Waals surface area contributed by atoms with Crippen molar-refractivity contribution in [2.24, 2.45) is 0 Å². The topological polar surface area (TPSA) is 35.5 Å². The van der Waals surface area contributed by atoms with E-state index in [9.17, 15) is 4.79 Å². The summed E-state index contributed by atoms with van der Waals surface area (Å²) in [6.45, 7) is 1.49. The molecular formula is C10H18O3. The van der Waals surface area contributed by atoms with Gasteiger partial charge in [0, 0.05) is 6.42 Å². The Morgan fingerprint density at radius 2 is 1.77 bits per heavy atom. The number of ether oxygens (including phenoxy) is 2. The molecule has 1 saturated heterocycles. The van der Waals surface area contributed by atoms with Crippen molar-refractivity contribution in [2.45, 2.75) is 44.8 Å². The molecule has 3 nitrogen and oxygen atoms in total. The lowest BCUT2D eigenvalue weighted by atomic mass is 10.1. The van der Waals surface area contributed by atoms with Crippen LogP contribution < -0.4 is 0 Å². The maximum Gasteiger partial charge on any atom is 0.157 e. The Hall–Kier alpha value is -0.410. The SMILES string of the molecule is O=CCCCCCCC1OCCO1. The minimum atomic E-state index is 0.0473. The van der Waals surface area contributed by atoms with Crippen molar-refractivity contribution in [2.75, 3.05) is 13.2 Å². The van der Waals surface area contributed by atoms with Crippen molar-refractivity contribution >= 4 is 6.29 Å². The van der Waals surface area contributed by atoms with E-state index in [1.165, 1.54) is 6.42 Å². The molecule has 0 unspecified atom stereocenters. The van der Waals surface area contributed by atoms with E-state index in [4.69, 9.17) is 9.47 Å². The zero-order chi connectivity index (χ0) is 9.36. The molecular weight excluding hydrogens is 168 g/mol. The molecule has 76 valence electrons. The smallest absolute Gasteiger partial charge is 0.157 e. The molecule has 0 atom stereocenters. The van der Waals surface area contributed by atoms with Crippen LogP contribution in [0.3, 0.4) is 0 Å². The third-order valence-corrected chi connectivity index (χ3v) is 2.20. The maximum absolute atomic E-state index is 10.0. The molecule has 1 rings (SSSR count). The first-order valence-corrected chi connectivity index (χ1v) is 5.10. The summed E-state index contributed by atoms with van der Waals surface area (Å²) in [5.41, 5.74) is 0. The van der Waals surface area contributed by atoms with Crippen LogP contribution >= 0.6 is 0 Å². The van der Waals surface area contributed by atoms with Gasteiger partial charge in [-0.1, -0.05) is 12.8 Å². The zero-order valence-electron chi connectivity index (χ0n) is 8.04. The molecule has 0 spiro atoms.